The van der Waals surface area contributed by atoms with Crippen LogP contribution in [0.5, 0.6) is 0 Å². The summed E-state index contributed by atoms with van der Waals surface area (Å²) in [6.07, 6.45) is 10.3. The molecular formula is C16H31NO2. The average molecular weight is 269 g/mol. The van der Waals surface area contributed by atoms with E-state index in [2.05, 4.69) is 18.7 Å². The highest BCUT2D eigenvalue weighted by atomic mass is 16.3. The molecule has 0 aromatic heterocycles. The number of carbonyl (C=O) groups is 1. The number of aliphatic hydroxyl groups is 1. The highest BCUT2D eigenvalue weighted by molar-refractivity contribution is 5.59. The molecule has 0 saturated heterocycles. The zero-order valence-electron chi connectivity index (χ0n) is 12.7. The number of aldehydes is 1. The van der Waals surface area contributed by atoms with Gasteiger partial charge >= 0.3 is 0 Å². The van der Waals surface area contributed by atoms with E-state index >= 15 is 0 Å². The van der Waals surface area contributed by atoms with Crippen molar-refractivity contribution >= 4 is 6.29 Å². The third-order valence-electron chi connectivity index (χ3n) is 4.71. The van der Waals surface area contributed by atoms with Gasteiger partial charge in [0.2, 0.25) is 0 Å². The molecule has 0 aromatic carbocycles. The van der Waals surface area contributed by atoms with Crippen LogP contribution in [0.4, 0.5) is 0 Å². The van der Waals surface area contributed by atoms with Crippen LogP contribution < -0.4 is 0 Å². The first-order valence-corrected chi connectivity index (χ1v) is 8.02. The average Bonchev–Trinajstić information content (AvgIpc) is 2.66. The van der Waals surface area contributed by atoms with Crippen LogP contribution in [0.1, 0.15) is 65.2 Å². The van der Waals surface area contributed by atoms with Gasteiger partial charge < -0.3 is 9.90 Å². The lowest BCUT2D eigenvalue weighted by Crippen LogP contribution is -2.45. The van der Waals surface area contributed by atoms with E-state index in [-0.39, 0.29) is 12.0 Å². The summed E-state index contributed by atoms with van der Waals surface area (Å²) in [6.45, 7) is 6.11. The van der Waals surface area contributed by atoms with E-state index in [1.54, 1.807) is 0 Å². The molecule has 0 heterocycles. The Labute approximate surface area is 118 Å². The van der Waals surface area contributed by atoms with Gasteiger partial charge in [0.25, 0.3) is 0 Å². The molecule has 19 heavy (non-hydrogen) atoms. The van der Waals surface area contributed by atoms with Gasteiger partial charge in [0, 0.05) is 24.5 Å². The van der Waals surface area contributed by atoms with Crippen LogP contribution >= 0.6 is 0 Å². The quantitative estimate of drug-likeness (QED) is 0.544. The Morgan fingerprint density at radius 1 is 1.16 bits per heavy atom. The molecule has 112 valence electrons. The van der Waals surface area contributed by atoms with Crippen LogP contribution in [0.15, 0.2) is 0 Å². The molecular weight excluding hydrogens is 238 g/mol. The second-order valence-electron chi connectivity index (χ2n) is 6.06. The van der Waals surface area contributed by atoms with Crippen molar-refractivity contribution in [2.75, 3.05) is 19.7 Å². The minimum atomic E-state index is -0.158. The Kier molecular flexibility index (Phi) is 7.62. The lowest BCUT2D eigenvalue weighted by Gasteiger charge is -2.37. The molecule has 1 N–H and O–H groups in total. The number of rotatable bonds is 8. The van der Waals surface area contributed by atoms with Gasteiger partial charge in [0.05, 0.1) is 6.61 Å². The first-order chi connectivity index (χ1) is 9.21. The Hall–Kier alpha value is -0.410. The largest absolute Gasteiger partial charge is 0.395 e. The summed E-state index contributed by atoms with van der Waals surface area (Å²) < 4.78 is 0. The fourth-order valence-corrected chi connectivity index (χ4v) is 3.47. The van der Waals surface area contributed by atoms with Crippen molar-refractivity contribution in [1.82, 2.24) is 4.90 Å². The molecule has 0 amide bonds. The summed E-state index contributed by atoms with van der Waals surface area (Å²) in [5.74, 6) is 0. The van der Waals surface area contributed by atoms with Crippen molar-refractivity contribution in [3.05, 3.63) is 0 Å². The van der Waals surface area contributed by atoms with Crippen LogP contribution in [0.3, 0.4) is 0 Å². The molecule has 0 bridgehead atoms. The zero-order valence-corrected chi connectivity index (χ0v) is 12.7. The molecule has 0 aromatic rings. The molecule has 0 unspecified atom stereocenters. The number of aliphatic hydroxyl groups excluding tert-OH is 1. The highest BCUT2D eigenvalue weighted by Crippen LogP contribution is 2.34. The Morgan fingerprint density at radius 3 is 2.16 bits per heavy atom. The SMILES string of the molecule is CCC(CC)N(CCO)CC1(C=O)CCCCCC1. The zero-order chi connectivity index (χ0) is 14.1. The fourth-order valence-electron chi connectivity index (χ4n) is 3.47. The van der Waals surface area contributed by atoms with Crippen molar-refractivity contribution < 1.29 is 9.90 Å². The van der Waals surface area contributed by atoms with Crippen LogP contribution in [0, 0.1) is 5.41 Å². The molecule has 1 saturated carbocycles. The van der Waals surface area contributed by atoms with Gasteiger partial charge in [-0.2, -0.15) is 0 Å². The lowest BCUT2D eigenvalue weighted by molar-refractivity contribution is -0.118. The molecule has 1 fully saturated rings. The van der Waals surface area contributed by atoms with E-state index in [1.807, 2.05) is 0 Å². The highest BCUT2D eigenvalue weighted by Gasteiger charge is 2.33. The van der Waals surface area contributed by atoms with Crippen molar-refractivity contribution in [3.63, 3.8) is 0 Å². The summed E-state index contributed by atoms with van der Waals surface area (Å²) in [4.78, 5) is 14.0. The van der Waals surface area contributed by atoms with Crippen LogP contribution in [-0.4, -0.2) is 42.0 Å². The van der Waals surface area contributed by atoms with E-state index in [4.69, 9.17) is 0 Å². The van der Waals surface area contributed by atoms with Gasteiger partial charge in [0.15, 0.2) is 0 Å². The van der Waals surface area contributed by atoms with E-state index < -0.39 is 0 Å². The maximum Gasteiger partial charge on any atom is 0.127 e. The first kappa shape index (κ1) is 16.6. The van der Waals surface area contributed by atoms with Gasteiger partial charge in [-0.1, -0.05) is 39.5 Å². The second-order valence-corrected chi connectivity index (χ2v) is 6.06. The fraction of sp³-hybridized carbons (Fsp3) is 0.938. The number of carbonyl (C=O) groups excluding carboxylic acids is 1. The van der Waals surface area contributed by atoms with E-state index in [0.29, 0.717) is 12.6 Å². The topological polar surface area (TPSA) is 40.5 Å². The predicted molar refractivity (Wildman–Crippen MR) is 79.2 cm³/mol. The number of hydrogen-bond donors (Lipinski definition) is 1. The molecule has 0 radical (unpaired) electrons. The van der Waals surface area contributed by atoms with Crippen molar-refractivity contribution in [1.29, 1.82) is 0 Å². The van der Waals surface area contributed by atoms with Gasteiger partial charge in [-0.25, -0.2) is 0 Å². The molecule has 1 aliphatic carbocycles. The van der Waals surface area contributed by atoms with Crippen molar-refractivity contribution in [2.24, 2.45) is 5.41 Å². The third-order valence-corrected chi connectivity index (χ3v) is 4.71. The Bertz CT molecular complexity index is 243. The molecule has 0 spiro atoms. The molecule has 0 aliphatic heterocycles. The summed E-state index contributed by atoms with van der Waals surface area (Å²) in [6, 6.07) is 0.493. The Morgan fingerprint density at radius 2 is 1.74 bits per heavy atom. The summed E-state index contributed by atoms with van der Waals surface area (Å²) in [5, 5.41) is 9.29. The number of nitrogens with zero attached hydrogens (tertiary/aromatic N) is 1. The molecule has 3 nitrogen and oxygen atoms in total. The van der Waals surface area contributed by atoms with Crippen molar-refractivity contribution in [3.8, 4) is 0 Å². The van der Waals surface area contributed by atoms with Gasteiger partial charge in [0.1, 0.15) is 6.29 Å². The van der Waals surface area contributed by atoms with Gasteiger partial charge in [-0.3, -0.25) is 4.90 Å². The van der Waals surface area contributed by atoms with Gasteiger partial charge in [-0.05, 0) is 25.7 Å². The van der Waals surface area contributed by atoms with E-state index in [9.17, 15) is 9.90 Å². The van der Waals surface area contributed by atoms with E-state index in [0.717, 1.165) is 32.2 Å². The molecule has 1 rings (SSSR count). The smallest absolute Gasteiger partial charge is 0.127 e. The van der Waals surface area contributed by atoms with Crippen LogP contribution in [0.25, 0.3) is 0 Å². The minimum absolute atomic E-state index is 0.158. The van der Waals surface area contributed by atoms with Crippen LogP contribution in [-0.2, 0) is 4.79 Å². The van der Waals surface area contributed by atoms with E-state index in [1.165, 1.54) is 32.0 Å². The second kappa shape index (κ2) is 8.70. The normalized spacial score (nSPS) is 19.6. The number of hydrogen-bond acceptors (Lipinski definition) is 3. The lowest BCUT2D eigenvalue weighted by atomic mass is 9.81. The van der Waals surface area contributed by atoms with Crippen LogP contribution in [0.2, 0.25) is 0 Å². The third kappa shape index (κ3) is 4.88. The molecule has 0 atom stereocenters. The summed E-state index contributed by atoms with van der Waals surface area (Å²) in [5.41, 5.74) is -0.158. The monoisotopic (exact) mass is 269 g/mol. The summed E-state index contributed by atoms with van der Waals surface area (Å²) in [7, 11) is 0. The summed E-state index contributed by atoms with van der Waals surface area (Å²) >= 11 is 0. The van der Waals surface area contributed by atoms with Gasteiger partial charge in [-0.15, -0.1) is 0 Å². The maximum atomic E-state index is 11.7. The maximum absolute atomic E-state index is 11.7. The van der Waals surface area contributed by atoms with Crippen molar-refractivity contribution in [2.45, 2.75) is 71.3 Å². The molecule has 3 heteroatoms. The standard InChI is InChI=1S/C16H31NO2/c1-3-15(4-2)17(11-12-18)13-16(14-19)9-7-5-6-8-10-16/h14-15,18H,3-13H2,1-2H3. The minimum Gasteiger partial charge on any atom is -0.395 e. The Balaban J connectivity index is 2.75. The molecule has 1 aliphatic rings. The predicted octanol–water partition coefficient (Wildman–Crippen LogP) is 3.01. The first-order valence-electron chi connectivity index (χ1n) is 8.02.